The van der Waals surface area contributed by atoms with Crippen LogP contribution in [-0.4, -0.2) is 4.57 Å². The molecule has 5 aromatic carbocycles. The van der Waals surface area contributed by atoms with Crippen LogP contribution in [0.2, 0.25) is 0 Å². The van der Waals surface area contributed by atoms with E-state index in [1.165, 1.54) is 60.2 Å². The molecule has 0 saturated carbocycles. The molecule has 1 aromatic heterocycles. The minimum Gasteiger partial charge on any atom is -0.404 e. The van der Waals surface area contributed by atoms with E-state index in [2.05, 4.69) is 139 Å². The van der Waals surface area contributed by atoms with E-state index in [1.807, 2.05) is 12.3 Å². The number of hydrogen-bond donors (Lipinski definition) is 2. The van der Waals surface area contributed by atoms with E-state index in [-0.39, 0.29) is 6.04 Å². The number of nitrogens with two attached hydrogens (primary N) is 1. The van der Waals surface area contributed by atoms with E-state index in [0.29, 0.717) is 0 Å². The molecule has 0 fully saturated rings. The van der Waals surface area contributed by atoms with E-state index in [0.717, 1.165) is 16.7 Å². The largest absolute Gasteiger partial charge is 0.404 e. The molecule has 0 bridgehead atoms. The normalized spacial score (nSPS) is 15.7. The molecule has 43 heavy (non-hydrogen) atoms. The molecule has 3 nitrogen and oxygen atoms in total. The molecule has 1 unspecified atom stereocenters. The van der Waals surface area contributed by atoms with Crippen LogP contribution in [0, 0.1) is 0 Å². The maximum atomic E-state index is 5.80. The molecule has 2 heterocycles. The summed E-state index contributed by atoms with van der Waals surface area (Å²) in [6.07, 6.45) is 13.7. The molecule has 3 heteroatoms. The van der Waals surface area contributed by atoms with Gasteiger partial charge >= 0.3 is 0 Å². The van der Waals surface area contributed by atoms with Crippen molar-refractivity contribution in [1.29, 1.82) is 0 Å². The zero-order chi connectivity index (χ0) is 29.5. The zero-order valence-corrected chi connectivity index (χ0v) is 24.2. The predicted molar refractivity (Wildman–Crippen MR) is 185 cm³/mol. The van der Waals surface area contributed by atoms with Crippen molar-refractivity contribution in [3.05, 3.63) is 169 Å². The van der Waals surface area contributed by atoms with Gasteiger partial charge < -0.3 is 15.6 Å². The molecular formula is C40H33N3. The van der Waals surface area contributed by atoms with E-state index >= 15 is 0 Å². The number of hydrogen-bond acceptors (Lipinski definition) is 2. The molecular weight excluding hydrogens is 522 g/mol. The van der Waals surface area contributed by atoms with Crippen molar-refractivity contribution in [2.75, 3.05) is 0 Å². The van der Waals surface area contributed by atoms with Gasteiger partial charge in [-0.3, -0.25) is 0 Å². The summed E-state index contributed by atoms with van der Waals surface area (Å²) in [4.78, 5) is 0. The lowest BCUT2D eigenvalue weighted by Crippen LogP contribution is -2.17. The van der Waals surface area contributed by atoms with Crippen molar-refractivity contribution in [3.8, 4) is 5.69 Å². The third-order valence-electron chi connectivity index (χ3n) is 8.62. The lowest BCUT2D eigenvalue weighted by molar-refractivity contribution is 0.741. The summed E-state index contributed by atoms with van der Waals surface area (Å²) in [7, 11) is 0. The van der Waals surface area contributed by atoms with Crippen LogP contribution in [0.25, 0.3) is 54.6 Å². The highest BCUT2D eigenvalue weighted by molar-refractivity contribution is 6.19. The molecule has 0 radical (unpaired) electrons. The number of dihydropyridines is 1. The molecule has 7 rings (SSSR count). The first kappa shape index (κ1) is 26.4. The Hall–Kier alpha value is -5.54. The molecule has 0 saturated heterocycles. The highest BCUT2D eigenvalue weighted by atomic mass is 15.0. The fraction of sp³-hybridized carbons (Fsp3) is 0.0500. The van der Waals surface area contributed by atoms with Crippen LogP contribution in [0.15, 0.2) is 158 Å². The summed E-state index contributed by atoms with van der Waals surface area (Å²) in [5.74, 6) is 0. The third kappa shape index (κ3) is 4.29. The van der Waals surface area contributed by atoms with Crippen LogP contribution in [0.3, 0.4) is 0 Å². The van der Waals surface area contributed by atoms with Crippen molar-refractivity contribution in [2.24, 2.45) is 5.73 Å². The molecule has 0 amide bonds. The SMILES string of the molecule is C=C/C(=C\N)C1=CNC(c2ccc3c4ccc5cc(/C(C=C)=C/C)ccc5c4n(-c4cccc5ccccc45)c3c2)C=C1. The van der Waals surface area contributed by atoms with E-state index in [1.54, 1.807) is 12.3 Å². The summed E-state index contributed by atoms with van der Waals surface area (Å²) in [5.41, 5.74) is 14.8. The van der Waals surface area contributed by atoms with Gasteiger partial charge in [-0.2, -0.15) is 0 Å². The zero-order valence-electron chi connectivity index (χ0n) is 24.2. The highest BCUT2D eigenvalue weighted by Crippen LogP contribution is 2.40. The van der Waals surface area contributed by atoms with Crippen LogP contribution >= 0.6 is 0 Å². The smallest absolute Gasteiger partial charge is 0.0696 e. The number of rotatable bonds is 6. The topological polar surface area (TPSA) is 43.0 Å². The monoisotopic (exact) mass is 555 g/mol. The molecule has 6 aromatic rings. The molecule has 1 aliphatic heterocycles. The van der Waals surface area contributed by atoms with Crippen LogP contribution in [-0.2, 0) is 0 Å². The van der Waals surface area contributed by atoms with Crippen molar-refractivity contribution in [1.82, 2.24) is 9.88 Å². The van der Waals surface area contributed by atoms with Gasteiger partial charge in [0.2, 0.25) is 0 Å². The summed E-state index contributed by atoms with van der Waals surface area (Å²) in [5, 5.41) is 10.9. The summed E-state index contributed by atoms with van der Waals surface area (Å²) in [6, 6.07) is 33.4. The standard InChI is InChI=1S/C40H33N3/c1-4-26(5-2)29-14-18-34-30(22-29)15-20-36-35-19-16-31(37-21-17-32(25-42-37)27(6-3)24-41)23-39(35)43(40(34)36)38-13-9-11-28-10-7-8-12-33(28)38/h4-25,37,42H,1,3,41H2,2H3/b26-5+,27-24+. The second-order valence-electron chi connectivity index (χ2n) is 10.9. The van der Waals surface area contributed by atoms with Gasteiger partial charge in [-0.1, -0.05) is 116 Å². The van der Waals surface area contributed by atoms with Crippen LogP contribution in [0.4, 0.5) is 0 Å². The third-order valence-corrected chi connectivity index (χ3v) is 8.62. The number of nitrogens with one attached hydrogen (secondary N) is 1. The molecule has 0 aliphatic carbocycles. The van der Waals surface area contributed by atoms with Crippen molar-refractivity contribution in [3.63, 3.8) is 0 Å². The van der Waals surface area contributed by atoms with Crippen molar-refractivity contribution >= 4 is 48.9 Å². The Labute approximate surface area is 251 Å². The van der Waals surface area contributed by atoms with Gasteiger partial charge in [-0.05, 0) is 63.7 Å². The number of benzene rings is 5. The van der Waals surface area contributed by atoms with Crippen molar-refractivity contribution < 1.29 is 0 Å². The molecule has 0 spiro atoms. The molecule has 1 atom stereocenters. The summed E-state index contributed by atoms with van der Waals surface area (Å²) < 4.78 is 2.46. The van der Waals surface area contributed by atoms with E-state index in [9.17, 15) is 0 Å². The van der Waals surface area contributed by atoms with Crippen LogP contribution in [0.5, 0.6) is 0 Å². The van der Waals surface area contributed by atoms with Crippen LogP contribution < -0.4 is 11.1 Å². The highest BCUT2D eigenvalue weighted by Gasteiger charge is 2.19. The first-order valence-electron chi connectivity index (χ1n) is 14.6. The van der Waals surface area contributed by atoms with Crippen LogP contribution in [0.1, 0.15) is 24.1 Å². The maximum absolute atomic E-state index is 5.80. The predicted octanol–water partition coefficient (Wildman–Crippen LogP) is 9.79. The van der Waals surface area contributed by atoms with Gasteiger partial charge in [0.15, 0.2) is 0 Å². The lowest BCUT2D eigenvalue weighted by Gasteiger charge is -2.20. The number of aromatic nitrogens is 1. The summed E-state index contributed by atoms with van der Waals surface area (Å²) >= 11 is 0. The second kappa shape index (κ2) is 10.7. The minimum atomic E-state index is 0.0356. The first-order valence-corrected chi connectivity index (χ1v) is 14.6. The van der Waals surface area contributed by atoms with Gasteiger partial charge in [0, 0.05) is 33.9 Å². The maximum Gasteiger partial charge on any atom is 0.0696 e. The molecule has 3 N–H and O–H groups in total. The molecule has 1 aliphatic rings. The number of fused-ring (bicyclic) bond motifs is 6. The number of allylic oxidation sites excluding steroid dienone is 7. The lowest BCUT2D eigenvalue weighted by atomic mass is 9.98. The van der Waals surface area contributed by atoms with Gasteiger partial charge in [0.25, 0.3) is 0 Å². The van der Waals surface area contributed by atoms with Gasteiger partial charge in [-0.25, -0.2) is 0 Å². The Bertz CT molecular complexity index is 2210. The van der Waals surface area contributed by atoms with E-state index < -0.39 is 0 Å². The summed E-state index contributed by atoms with van der Waals surface area (Å²) in [6.45, 7) is 9.96. The van der Waals surface area contributed by atoms with E-state index in [4.69, 9.17) is 5.73 Å². The quantitative estimate of drug-likeness (QED) is 0.201. The average Bonchev–Trinajstić information content (AvgIpc) is 3.39. The fourth-order valence-electron chi connectivity index (χ4n) is 6.43. The minimum absolute atomic E-state index is 0.0356. The van der Waals surface area contributed by atoms with Crippen molar-refractivity contribution in [2.45, 2.75) is 13.0 Å². The van der Waals surface area contributed by atoms with Gasteiger partial charge in [-0.15, -0.1) is 0 Å². The average molecular weight is 556 g/mol. The Kier molecular flexibility index (Phi) is 6.56. The second-order valence-corrected chi connectivity index (χ2v) is 10.9. The van der Waals surface area contributed by atoms with Gasteiger partial charge in [0.05, 0.1) is 22.8 Å². The number of nitrogens with zero attached hydrogens (tertiary/aromatic N) is 1. The fourth-order valence-corrected chi connectivity index (χ4v) is 6.43. The Morgan fingerprint density at radius 3 is 2.35 bits per heavy atom. The Morgan fingerprint density at radius 2 is 1.58 bits per heavy atom. The molecule has 208 valence electrons. The Morgan fingerprint density at radius 1 is 0.791 bits per heavy atom. The Balaban J connectivity index is 1.50. The first-order chi connectivity index (χ1) is 21.1. The van der Waals surface area contributed by atoms with Gasteiger partial charge in [0.1, 0.15) is 0 Å².